The summed E-state index contributed by atoms with van der Waals surface area (Å²) < 4.78 is 45.6. The predicted molar refractivity (Wildman–Crippen MR) is 118 cm³/mol. The number of hydrogen-bond donors (Lipinski definition) is 1. The van der Waals surface area contributed by atoms with Crippen LogP contribution in [0.2, 0.25) is 0 Å². The van der Waals surface area contributed by atoms with Crippen molar-refractivity contribution in [1.82, 2.24) is 4.98 Å². The van der Waals surface area contributed by atoms with Crippen molar-refractivity contribution in [2.45, 2.75) is 0 Å². The third-order valence-electron chi connectivity index (χ3n) is 5.27. The molecule has 1 amide bonds. The Bertz CT molecular complexity index is 1600. The molecule has 11 heteroatoms. The van der Waals surface area contributed by atoms with E-state index in [9.17, 15) is 32.3 Å². The molecule has 35 heavy (non-hydrogen) atoms. The summed E-state index contributed by atoms with van der Waals surface area (Å²) >= 11 is 0.694. The predicted octanol–water partition coefficient (Wildman–Crippen LogP) is 4.28. The number of aromatic nitrogens is 1. The minimum absolute atomic E-state index is 0.0342. The van der Waals surface area contributed by atoms with Crippen molar-refractivity contribution in [3.05, 3.63) is 93.8 Å². The number of benzene rings is 3. The van der Waals surface area contributed by atoms with Crippen molar-refractivity contribution in [1.29, 1.82) is 0 Å². The van der Waals surface area contributed by atoms with E-state index in [2.05, 4.69) is 10.3 Å². The molecule has 0 aliphatic heterocycles. The molecule has 0 radical (unpaired) electrons. The SMILES string of the molecule is O=C(COC(=O)c1cccc2c1C(=O)c1ccccc1C2=O)Nc1nc2c(F)c(F)c(F)cc2s1. The van der Waals surface area contributed by atoms with Crippen LogP contribution in [-0.4, -0.2) is 35.0 Å². The van der Waals surface area contributed by atoms with Gasteiger partial charge in [0.25, 0.3) is 5.91 Å². The van der Waals surface area contributed by atoms with Crippen molar-refractivity contribution in [2.75, 3.05) is 11.9 Å². The van der Waals surface area contributed by atoms with Gasteiger partial charge in [-0.2, -0.15) is 0 Å². The van der Waals surface area contributed by atoms with E-state index in [1.807, 2.05) is 0 Å². The highest BCUT2D eigenvalue weighted by atomic mass is 32.1. The average molecular weight is 496 g/mol. The fourth-order valence-corrected chi connectivity index (χ4v) is 4.61. The van der Waals surface area contributed by atoms with Crippen molar-refractivity contribution in [3.8, 4) is 0 Å². The molecule has 4 aromatic rings. The molecule has 7 nitrogen and oxygen atoms in total. The molecule has 0 spiro atoms. The normalized spacial score (nSPS) is 12.3. The molecule has 1 N–H and O–H groups in total. The maximum absolute atomic E-state index is 13.8. The number of carbonyl (C=O) groups excluding carboxylic acids is 4. The summed E-state index contributed by atoms with van der Waals surface area (Å²) in [4.78, 5) is 54.4. The van der Waals surface area contributed by atoms with Crippen molar-refractivity contribution in [3.63, 3.8) is 0 Å². The van der Waals surface area contributed by atoms with Gasteiger partial charge in [-0.15, -0.1) is 0 Å². The molecule has 0 saturated heterocycles. The van der Waals surface area contributed by atoms with Gasteiger partial charge in [0, 0.05) is 22.3 Å². The molecule has 174 valence electrons. The van der Waals surface area contributed by atoms with Crippen LogP contribution in [0, 0.1) is 17.5 Å². The van der Waals surface area contributed by atoms with Gasteiger partial charge < -0.3 is 4.74 Å². The quantitative estimate of drug-likeness (QED) is 0.294. The number of nitrogens with one attached hydrogen (secondary N) is 1. The van der Waals surface area contributed by atoms with E-state index in [4.69, 9.17) is 4.74 Å². The molecule has 0 atom stereocenters. The van der Waals surface area contributed by atoms with Crippen LogP contribution in [0.3, 0.4) is 0 Å². The Kier molecular flexibility index (Phi) is 5.40. The molecule has 0 bridgehead atoms. The van der Waals surface area contributed by atoms with Gasteiger partial charge in [-0.05, 0) is 12.1 Å². The van der Waals surface area contributed by atoms with Crippen LogP contribution in [0.25, 0.3) is 10.2 Å². The first-order valence-electron chi connectivity index (χ1n) is 9.98. The maximum atomic E-state index is 13.8. The van der Waals surface area contributed by atoms with Crippen LogP contribution in [0.15, 0.2) is 48.5 Å². The molecule has 0 saturated carbocycles. The van der Waals surface area contributed by atoms with E-state index in [1.54, 1.807) is 12.1 Å². The number of amides is 1. The molecular formula is C24H11F3N2O5S. The lowest BCUT2D eigenvalue weighted by Crippen LogP contribution is -2.26. The number of hydrogen-bond acceptors (Lipinski definition) is 7. The summed E-state index contributed by atoms with van der Waals surface area (Å²) in [5, 5.41) is 2.09. The third-order valence-corrected chi connectivity index (χ3v) is 6.19. The van der Waals surface area contributed by atoms with E-state index >= 15 is 0 Å². The minimum atomic E-state index is -1.68. The summed E-state index contributed by atoms with van der Waals surface area (Å²) in [6, 6.07) is 11.1. The lowest BCUT2D eigenvalue weighted by molar-refractivity contribution is -0.119. The van der Waals surface area contributed by atoms with Gasteiger partial charge in [0.15, 0.2) is 40.8 Å². The average Bonchev–Trinajstić information content (AvgIpc) is 3.26. The van der Waals surface area contributed by atoms with Gasteiger partial charge >= 0.3 is 5.97 Å². The van der Waals surface area contributed by atoms with Crippen LogP contribution >= 0.6 is 11.3 Å². The topological polar surface area (TPSA) is 102 Å². The molecule has 0 unspecified atom stereocenters. The molecule has 0 fully saturated rings. The van der Waals surface area contributed by atoms with Gasteiger partial charge in [0.1, 0.15) is 5.52 Å². The maximum Gasteiger partial charge on any atom is 0.339 e. The molecule has 1 heterocycles. The molecule has 1 aromatic heterocycles. The van der Waals surface area contributed by atoms with Gasteiger partial charge in [0.2, 0.25) is 0 Å². The van der Waals surface area contributed by atoms with E-state index < -0.39 is 53.0 Å². The fourth-order valence-electron chi connectivity index (χ4n) is 3.71. The second kappa shape index (κ2) is 8.44. The summed E-state index contributed by atoms with van der Waals surface area (Å²) in [7, 11) is 0. The number of ether oxygens (including phenoxy) is 1. The first kappa shape index (κ1) is 22.4. The van der Waals surface area contributed by atoms with Crippen molar-refractivity contribution in [2.24, 2.45) is 0 Å². The Morgan fingerprint density at radius 1 is 0.914 bits per heavy atom. The number of carbonyl (C=O) groups is 4. The number of rotatable bonds is 4. The Morgan fingerprint density at radius 2 is 1.60 bits per heavy atom. The number of nitrogens with zero attached hydrogens (tertiary/aromatic N) is 1. The lowest BCUT2D eigenvalue weighted by Gasteiger charge is -2.19. The molecular weight excluding hydrogens is 485 g/mol. The fraction of sp³-hybridized carbons (Fsp3) is 0.0417. The zero-order valence-corrected chi connectivity index (χ0v) is 18.2. The van der Waals surface area contributed by atoms with Crippen LogP contribution in [-0.2, 0) is 9.53 Å². The van der Waals surface area contributed by atoms with Crippen molar-refractivity contribution < 1.29 is 37.1 Å². The lowest BCUT2D eigenvalue weighted by atomic mass is 9.82. The van der Waals surface area contributed by atoms with Gasteiger partial charge in [0.05, 0.1) is 10.3 Å². The standard InChI is InChI=1S/C24H11F3N2O5S/c25-14-8-15-20(19(27)18(14)26)29-24(35-15)28-16(30)9-34-23(33)13-7-3-6-12-17(13)22(32)11-5-2-1-4-10(11)21(12)31/h1-8H,9H2,(H,28,29,30). The van der Waals surface area contributed by atoms with Crippen LogP contribution in [0.5, 0.6) is 0 Å². The van der Waals surface area contributed by atoms with E-state index in [1.165, 1.54) is 30.3 Å². The van der Waals surface area contributed by atoms with Crippen LogP contribution in [0.1, 0.15) is 42.2 Å². The molecule has 1 aliphatic carbocycles. The van der Waals surface area contributed by atoms with Crippen LogP contribution < -0.4 is 5.32 Å². The number of esters is 1. The monoisotopic (exact) mass is 496 g/mol. The Morgan fingerprint density at radius 3 is 2.34 bits per heavy atom. The number of anilines is 1. The summed E-state index contributed by atoms with van der Waals surface area (Å²) in [6.45, 7) is -0.803. The Balaban J connectivity index is 1.33. The van der Waals surface area contributed by atoms with Gasteiger partial charge in [-0.3, -0.25) is 19.7 Å². The highest BCUT2D eigenvalue weighted by Gasteiger charge is 2.33. The summed E-state index contributed by atoms with van der Waals surface area (Å²) in [6.07, 6.45) is 0. The highest BCUT2D eigenvalue weighted by Crippen LogP contribution is 2.31. The second-order valence-electron chi connectivity index (χ2n) is 7.41. The van der Waals surface area contributed by atoms with E-state index in [0.717, 1.165) is 6.07 Å². The smallest absolute Gasteiger partial charge is 0.339 e. The molecule has 5 rings (SSSR count). The molecule has 3 aromatic carbocycles. The van der Waals surface area contributed by atoms with Gasteiger partial charge in [-0.25, -0.2) is 22.9 Å². The van der Waals surface area contributed by atoms with Crippen molar-refractivity contribution >= 4 is 50.1 Å². The zero-order chi connectivity index (χ0) is 24.9. The third kappa shape index (κ3) is 3.75. The largest absolute Gasteiger partial charge is 0.452 e. The Hall–Kier alpha value is -4.38. The first-order valence-corrected chi connectivity index (χ1v) is 10.8. The number of thiazole rings is 1. The zero-order valence-electron chi connectivity index (χ0n) is 17.4. The summed E-state index contributed by atoms with van der Waals surface area (Å²) in [5.74, 6) is -7.39. The Labute approximate surface area is 198 Å². The van der Waals surface area contributed by atoms with E-state index in [-0.39, 0.29) is 37.6 Å². The molecule has 1 aliphatic rings. The number of fused-ring (bicyclic) bond motifs is 3. The minimum Gasteiger partial charge on any atom is -0.452 e. The highest BCUT2D eigenvalue weighted by molar-refractivity contribution is 7.22. The van der Waals surface area contributed by atoms with E-state index in [0.29, 0.717) is 11.3 Å². The van der Waals surface area contributed by atoms with Crippen LogP contribution in [0.4, 0.5) is 18.3 Å². The number of ketones is 2. The van der Waals surface area contributed by atoms with Gasteiger partial charge in [-0.1, -0.05) is 47.7 Å². The first-order chi connectivity index (χ1) is 16.8. The summed E-state index contributed by atoms with van der Waals surface area (Å²) in [5.41, 5.74) is -0.339. The second-order valence-corrected chi connectivity index (χ2v) is 8.44. The number of halogens is 3.